The van der Waals surface area contributed by atoms with Crippen molar-refractivity contribution < 1.29 is 9.66 Å². The molecule has 1 aliphatic rings. The minimum atomic E-state index is -0.380. The number of piperidine rings is 1. The maximum Gasteiger partial charge on any atom is 0.311 e. The summed E-state index contributed by atoms with van der Waals surface area (Å²) >= 11 is 0. The lowest BCUT2D eigenvalue weighted by atomic mass is 10.0. The Balaban J connectivity index is 2.32. The number of nitrogens with one attached hydrogen (secondary N) is 1. The molecule has 1 N–H and O–H groups in total. The number of nitro groups is 1. The van der Waals surface area contributed by atoms with Gasteiger partial charge in [-0.3, -0.25) is 10.1 Å². The molecule has 0 spiro atoms. The maximum atomic E-state index is 11.1. The van der Waals surface area contributed by atoms with Crippen LogP contribution in [0.25, 0.3) is 0 Å². The van der Waals surface area contributed by atoms with E-state index < -0.39 is 0 Å². The van der Waals surface area contributed by atoms with Gasteiger partial charge in [0.2, 0.25) is 0 Å². The molecule has 0 atom stereocenters. The number of anilines is 1. The zero-order chi connectivity index (χ0) is 15.4. The molecule has 0 bridgehead atoms. The molecule has 1 aliphatic heterocycles. The Kier molecular flexibility index (Phi) is 5.01. The van der Waals surface area contributed by atoms with Crippen LogP contribution in [-0.2, 0) is 6.42 Å². The lowest BCUT2D eigenvalue weighted by Crippen LogP contribution is -2.41. The molecule has 116 valence electrons. The van der Waals surface area contributed by atoms with Gasteiger partial charge in [0, 0.05) is 37.0 Å². The van der Waals surface area contributed by atoms with E-state index in [9.17, 15) is 10.1 Å². The quantitative estimate of drug-likeness (QED) is 0.666. The summed E-state index contributed by atoms with van der Waals surface area (Å²) in [5.74, 6) is 0.336. The molecule has 6 heteroatoms. The summed E-state index contributed by atoms with van der Waals surface area (Å²) < 4.78 is 5.20. The van der Waals surface area contributed by atoms with E-state index in [4.69, 9.17) is 4.74 Å². The number of nitrogens with zero attached hydrogens (tertiary/aromatic N) is 2. The van der Waals surface area contributed by atoms with Crippen molar-refractivity contribution in [1.82, 2.24) is 5.32 Å². The van der Waals surface area contributed by atoms with Gasteiger partial charge in [-0.05, 0) is 31.9 Å². The van der Waals surface area contributed by atoms with Gasteiger partial charge in [-0.25, -0.2) is 0 Å². The minimum Gasteiger partial charge on any atom is -0.490 e. The molecule has 0 aliphatic carbocycles. The van der Waals surface area contributed by atoms with Crippen LogP contribution in [0.5, 0.6) is 5.75 Å². The fourth-order valence-corrected chi connectivity index (χ4v) is 2.89. The van der Waals surface area contributed by atoms with Crippen molar-refractivity contribution >= 4 is 11.4 Å². The summed E-state index contributed by atoms with van der Waals surface area (Å²) in [6.07, 6.45) is 2.93. The Bertz CT molecular complexity index is 511. The van der Waals surface area contributed by atoms with Gasteiger partial charge in [0.1, 0.15) is 0 Å². The normalized spacial score (nSPS) is 16.0. The van der Waals surface area contributed by atoms with Gasteiger partial charge in [-0.2, -0.15) is 0 Å². The molecule has 0 saturated carbocycles. The van der Waals surface area contributed by atoms with Gasteiger partial charge in [-0.15, -0.1) is 0 Å². The van der Waals surface area contributed by atoms with E-state index in [0.29, 0.717) is 11.8 Å². The van der Waals surface area contributed by atoms with E-state index in [-0.39, 0.29) is 10.6 Å². The zero-order valence-corrected chi connectivity index (χ0v) is 12.9. The van der Waals surface area contributed by atoms with Gasteiger partial charge >= 0.3 is 5.69 Å². The van der Waals surface area contributed by atoms with Crippen molar-refractivity contribution in [1.29, 1.82) is 0 Å². The second-order valence-electron chi connectivity index (χ2n) is 5.31. The van der Waals surface area contributed by atoms with Crippen LogP contribution in [0.15, 0.2) is 12.1 Å². The molecule has 1 saturated heterocycles. The fourth-order valence-electron chi connectivity index (χ4n) is 2.89. The number of hydrogen-bond acceptors (Lipinski definition) is 5. The largest absolute Gasteiger partial charge is 0.490 e. The van der Waals surface area contributed by atoms with Crippen LogP contribution in [0.3, 0.4) is 0 Å². The van der Waals surface area contributed by atoms with Gasteiger partial charge < -0.3 is 15.0 Å². The first-order valence-corrected chi connectivity index (χ1v) is 7.38. The highest BCUT2D eigenvalue weighted by Crippen LogP contribution is 2.36. The fraction of sp³-hybridized carbons (Fsp3) is 0.600. The van der Waals surface area contributed by atoms with E-state index in [0.717, 1.165) is 43.6 Å². The number of methoxy groups -OCH3 is 1. The van der Waals surface area contributed by atoms with Gasteiger partial charge in [-0.1, -0.05) is 6.92 Å². The van der Waals surface area contributed by atoms with E-state index >= 15 is 0 Å². The third kappa shape index (κ3) is 3.26. The van der Waals surface area contributed by atoms with E-state index in [1.165, 1.54) is 7.11 Å². The second kappa shape index (κ2) is 6.76. The van der Waals surface area contributed by atoms with E-state index in [1.807, 2.05) is 20.0 Å². The average Bonchev–Trinajstić information content (AvgIpc) is 2.53. The minimum absolute atomic E-state index is 0.0446. The molecule has 1 aromatic carbocycles. The molecule has 1 aromatic rings. The van der Waals surface area contributed by atoms with Crippen molar-refractivity contribution in [2.24, 2.45) is 0 Å². The molecule has 1 heterocycles. The third-order valence-electron chi connectivity index (χ3n) is 4.20. The monoisotopic (exact) mass is 293 g/mol. The van der Waals surface area contributed by atoms with E-state index in [2.05, 4.69) is 10.2 Å². The van der Waals surface area contributed by atoms with Gasteiger partial charge in [0.15, 0.2) is 5.75 Å². The number of benzene rings is 1. The molecule has 21 heavy (non-hydrogen) atoms. The summed E-state index contributed by atoms with van der Waals surface area (Å²) in [7, 11) is 3.47. The van der Waals surface area contributed by atoms with Crippen molar-refractivity contribution in [2.75, 3.05) is 32.1 Å². The summed E-state index contributed by atoms with van der Waals surface area (Å²) in [4.78, 5) is 13.0. The first kappa shape index (κ1) is 15.6. The van der Waals surface area contributed by atoms with Crippen molar-refractivity contribution in [3.05, 3.63) is 27.8 Å². The first-order chi connectivity index (χ1) is 10.1. The molecular weight excluding hydrogens is 270 g/mol. The summed E-state index contributed by atoms with van der Waals surface area (Å²) in [6, 6.07) is 4.03. The number of hydrogen-bond donors (Lipinski definition) is 1. The summed E-state index contributed by atoms with van der Waals surface area (Å²) in [6.45, 7) is 3.94. The zero-order valence-electron chi connectivity index (χ0n) is 12.9. The van der Waals surface area contributed by atoms with Gasteiger partial charge in [0.25, 0.3) is 0 Å². The summed E-state index contributed by atoms with van der Waals surface area (Å²) in [5, 5.41) is 14.4. The number of nitro benzene ring substituents is 1. The molecule has 0 unspecified atom stereocenters. The van der Waals surface area contributed by atoms with Crippen LogP contribution in [0.1, 0.15) is 25.3 Å². The Morgan fingerprint density at radius 2 is 2.10 bits per heavy atom. The Hall–Kier alpha value is -1.82. The SMILES string of the molecule is CCc1cc([N+](=O)[O-])c(OC)cc1N1CCC(NC)CC1. The van der Waals surface area contributed by atoms with Gasteiger partial charge in [0.05, 0.1) is 12.0 Å². The summed E-state index contributed by atoms with van der Waals surface area (Å²) in [5.41, 5.74) is 2.11. The maximum absolute atomic E-state index is 11.1. The van der Waals surface area contributed by atoms with E-state index in [1.54, 1.807) is 6.07 Å². The van der Waals surface area contributed by atoms with Crippen molar-refractivity contribution in [3.8, 4) is 5.75 Å². The van der Waals surface area contributed by atoms with Crippen LogP contribution in [-0.4, -0.2) is 38.2 Å². The predicted molar refractivity (Wildman–Crippen MR) is 83.3 cm³/mol. The van der Waals surface area contributed by atoms with Crippen LogP contribution in [0.2, 0.25) is 0 Å². The lowest BCUT2D eigenvalue weighted by Gasteiger charge is -2.34. The Morgan fingerprint density at radius 1 is 1.43 bits per heavy atom. The number of rotatable bonds is 5. The number of ether oxygens (including phenoxy) is 1. The first-order valence-electron chi connectivity index (χ1n) is 7.38. The molecule has 0 radical (unpaired) electrons. The van der Waals surface area contributed by atoms with Crippen molar-refractivity contribution in [3.63, 3.8) is 0 Å². The molecule has 6 nitrogen and oxygen atoms in total. The highest BCUT2D eigenvalue weighted by Gasteiger charge is 2.24. The third-order valence-corrected chi connectivity index (χ3v) is 4.20. The lowest BCUT2D eigenvalue weighted by molar-refractivity contribution is -0.385. The predicted octanol–water partition coefficient (Wildman–Crippen LogP) is 2.35. The highest BCUT2D eigenvalue weighted by atomic mass is 16.6. The van der Waals surface area contributed by atoms with Crippen LogP contribution < -0.4 is 15.0 Å². The highest BCUT2D eigenvalue weighted by molar-refractivity contribution is 5.64. The molecule has 0 aromatic heterocycles. The second-order valence-corrected chi connectivity index (χ2v) is 5.31. The van der Waals surface area contributed by atoms with Crippen molar-refractivity contribution in [2.45, 2.75) is 32.2 Å². The standard InChI is InChI=1S/C15H23N3O3/c1-4-11-9-14(18(19)20)15(21-3)10-13(11)17-7-5-12(16-2)6-8-17/h9-10,12,16H,4-8H2,1-3H3. The molecule has 1 fully saturated rings. The number of aryl methyl sites for hydroxylation is 1. The topological polar surface area (TPSA) is 67.6 Å². The van der Waals surface area contributed by atoms with Crippen LogP contribution >= 0.6 is 0 Å². The average molecular weight is 293 g/mol. The molecular formula is C15H23N3O3. The molecule has 0 amide bonds. The molecule has 2 rings (SSSR count). The van der Waals surface area contributed by atoms with Crippen LogP contribution in [0, 0.1) is 10.1 Å². The Labute approximate surface area is 125 Å². The Morgan fingerprint density at radius 3 is 2.57 bits per heavy atom. The van der Waals surface area contributed by atoms with Crippen LogP contribution in [0.4, 0.5) is 11.4 Å². The smallest absolute Gasteiger partial charge is 0.311 e.